The van der Waals surface area contributed by atoms with Crippen LogP contribution in [0.2, 0.25) is 0 Å². The van der Waals surface area contributed by atoms with Crippen LogP contribution < -0.4 is 14.8 Å². The molecule has 0 heterocycles. The van der Waals surface area contributed by atoms with Crippen molar-refractivity contribution in [3.63, 3.8) is 0 Å². The number of nitrogens with one attached hydrogen (secondary N) is 1. The predicted octanol–water partition coefficient (Wildman–Crippen LogP) is 3.45. The molecule has 0 saturated heterocycles. The van der Waals surface area contributed by atoms with E-state index in [2.05, 4.69) is 5.32 Å². The Balaban J connectivity index is 1.75. The maximum absolute atomic E-state index is 12.5. The van der Waals surface area contributed by atoms with E-state index in [1.54, 1.807) is 18.2 Å². The summed E-state index contributed by atoms with van der Waals surface area (Å²) < 4.78 is 48.1. The molecule has 0 spiro atoms. The van der Waals surface area contributed by atoms with Crippen LogP contribution in [0.15, 0.2) is 48.5 Å². The fourth-order valence-electron chi connectivity index (χ4n) is 2.15. The van der Waals surface area contributed by atoms with Crippen molar-refractivity contribution in [2.45, 2.75) is 12.6 Å². The number of hydrogen-bond donors (Lipinski definition) is 1. The van der Waals surface area contributed by atoms with Gasteiger partial charge in [-0.15, -0.1) is 0 Å². The van der Waals surface area contributed by atoms with Crippen molar-refractivity contribution in [3.8, 4) is 11.5 Å². The Labute approximate surface area is 143 Å². The van der Waals surface area contributed by atoms with Crippen LogP contribution in [-0.2, 0) is 17.4 Å². The van der Waals surface area contributed by atoms with Gasteiger partial charge >= 0.3 is 6.18 Å². The van der Waals surface area contributed by atoms with Gasteiger partial charge in [0.05, 0.1) is 25.6 Å². The largest absolute Gasteiger partial charge is 0.493 e. The molecule has 0 aliphatic rings. The molecule has 7 heteroatoms. The SMILES string of the molecule is COc1ccccc1OCCNC(=O)Cc1ccc(C(F)(F)F)cc1. The maximum atomic E-state index is 12.5. The molecule has 2 aromatic carbocycles. The molecule has 0 atom stereocenters. The third-order valence-corrected chi connectivity index (χ3v) is 3.40. The third kappa shape index (κ3) is 5.70. The number of ether oxygens (including phenoxy) is 2. The summed E-state index contributed by atoms with van der Waals surface area (Å²) in [6, 6.07) is 11.7. The number of hydrogen-bond acceptors (Lipinski definition) is 3. The van der Waals surface area contributed by atoms with Crippen molar-refractivity contribution in [3.05, 3.63) is 59.7 Å². The molecule has 0 bridgehead atoms. The zero-order valence-electron chi connectivity index (χ0n) is 13.6. The molecule has 0 aromatic heterocycles. The van der Waals surface area contributed by atoms with Gasteiger partial charge in [0.15, 0.2) is 11.5 Å². The van der Waals surface area contributed by atoms with E-state index in [-0.39, 0.29) is 25.5 Å². The number of carbonyl (C=O) groups is 1. The van der Waals surface area contributed by atoms with Crippen LogP contribution in [0.4, 0.5) is 13.2 Å². The quantitative estimate of drug-likeness (QED) is 0.776. The summed E-state index contributed by atoms with van der Waals surface area (Å²) in [5, 5.41) is 2.66. The van der Waals surface area contributed by atoms with Gasteiger partial charge in [0.25, 0.3) is 0 Å². The molecule has 0 fully saturated rings. The first-order valence-electron chi connectivity index (χ1n) is 7.59. The molecular formula is C18H18F3NO3. The van der Waals surface area contributed by atoms with Crippen molar-refractivity contribution in [1.82, 2.24) is 5.32 Å². The second-order valence-electron chi connectivity index (χ2n) is 5.22. The summed E-state index contributed by atoms with van der Waals surface area (Å²) in [5.41, 5.74) is -0.224. The van der Waals surface area contributed by atoms with Crippen molar-refractivity contribution < 1.29 is 27.4 Å². The van der Waals surface area contributed by atoms with Gasteiger partial charge in [-0.1, -0.05) is 24.3 Å². The molecule has 0 saturated carbocycles. The number of alkyl halides is 3. The molecule has 25 heavy (non-hydrogen) atoms. The van der Waals surface area contributed by atoms with Crippen LogP contribution in [-0.4, -0.2) is 26.2 Å². The molecule has 134 valence electrons. The molecule has 2 aromatic rings. The van der Waals surface area contributed by atoms with Crippen molar-refractivity contribution in [2.75, 3.05) is 20.3 Å². The van der Waals surface area contributed by atoms with E-state index >= 15 is 0 Å². The zero-order chi connectivity index (χ0) is 18.3. The topological polar surface area (TPSA) is 47.6 Å². The summed E-state index contributed by atoms with van der Waals surface area (Å²) in [5.74, 6) is 0.879. The highest BCUT2D eigenvalue weighted by Crippen LogP contribution is 2.29. The number of carbonyl (C=O) groups excluding carboxylic acids is 1. The number of methoxy groups -OCH3 is 1. The van der Waals surface area contributed by atoms with E-state index < -0.39 is 11.7 Å². The minimum absolute atomic E-state index is 0.00674. The molecule has 4 nitrogen and oxygen atoms in total. The van der Waals surface area contributed by atoms with E-state index in [0.717, 1.165) is 12.1 Å². The molecule has 0 aliphatic carbocycles. The fraction of sp³-hybridized carbons (Fsp3) is 0.278. The zero-order valence-corrected chi connectivity index (χ0v) is 13.6. The fourth-order valence-corrected chi connectivity index (χ4v) is 2.15. The van der Waals surface area contributed by atoms with Gasteiger partial charge in [-0.25, -0.2) is 0 Å². The summed E-state index contributed by atoms with van der Waals surface area (Å²) in [7, 11) is 1.54. The van der Waals surface area contributed by atoms with Crippen molar-refractivity contribution >= 4 is 5.91 Å². The van der Waals surface area contributed by atoms with Crippen LogP contribution in [0.1, 0.15) is 11.1 Å². The Morgan fingerprint density at radius 3 is 2.28 bits per heavy atom. The van der Waals surface area contributed by atoms with Gasteiger partial charge < -0.3 is 14.8 Å². The highest BCUT2D eigenvalue weighted by molar-refractivity contribution is 5.78. The lowest BCUT2D eigenvalue weighted by molar-refractivity contribution is -0.137. The Kier molecular flexibility index (Phi) is 6.27. The van der Waals surface area contributed by atoms with E-state index in [1.165, 1.54) is 19.2 Å². The van der Waals surface area contributed by atoms with Gasteiger partial charge in [-0.05, 0) is 29.8 Å². The van der Waals surface area contributed by atoms with Gasteiger partial charge in [-0.2, -0.15) is 13.2 Å². The summed E-state index contributed by atoms with van der Waals surface area (Å²) in [6.07, 6.45) is -4.37. The third-order valence-electron chi connectivity index (χ3n) is 3.40. The smallest absolute Gasteiger partial charge is 0.416 e. The average Bonchev–Trinajstić information content (AvgIpc) is 2.58. The van der Waals surface area contributed by atoms with Gasteiger partial charge in [-0.3, -0.25) is 4.79 Å². The molecule has 0 aliphatic heterocycles. The highest BCUT2D eigenvalue weighted by atomic mass is 19.4. The summed E-state index contributed by atoms with van der Waals surface area (Å²) >= 11 is 0. The van der Waals surface area contributed by atoms with Crippen LogP contribution in [0.25, 0.3) is 0 Å². The number of para-hydroxylation sites is 2. The molecule has 0 radical (unpaired) electrons. The molecule has 1 N–H and O–H groups in total. The first-order chi connectivity index (χ1) is 11.9. The van der Waals surface area contributed by atoms with Gasteiger partial charge in [0.2, 0.25) is 5.91 Å². The van der Waals surface area contributed by atoms with Gasteiger partial charge in [0.1, 0.15) is 6.61 Å². The van der Waals surface area contributed by atoms with Crippen molar-refractivity contribution in [1.29, 1.82) is 0 Å². The van der Waals surface area contributed by atoms with E-state index in [1.807, 2.05) is 6.07 Å². The Hall–Kier alpha value is -2.70. The first kappa shape index (κ1) is 18.6. The maximum Gasteiger partial charge on any atom is 0.416 e. The van der Waals surface area contributed by atoms with E-state index in [9.17, 15) is 18.0 Å². The lowest BCUT2D eigenvalue weighted by Gasteiger charge is -2.11. The monoisotopic (exact) mass is 353 g/mol. The lowest BCUT2D eigenvalue weighted by atomic mass is 10.1. The van der Waals surface area contributed by atoms with Crippen LogP contribution in [0.5, 0.6) is 11.5 Å². The second-order valence-corrected chi connectivity index (χ2v) is 5.22. The molecule has 1 amide bonds. The average molecular weight is 353 g/mol. The van der Waals surface area contributed by atoms with E-state index in [4.69, 9.17) is 9.47 Å². The van der Waals surface area contributed by atoms with Crippen molar-refractivity contribution in [2.24, 2.45) is 0 Å². The first-order valence-corrected chi connectivity index (χ1v) is 7.59. The number of benzene rings is 2. The predicted molar refractivity (Wildman–Crippen MR) is 86.6 cm³/mol. The van der Waals surface area contributed by atoms with Crippen LogP contribution >= 0.6 is 0 Å². The Morgan fingerprint density at radius 2 is 1.68 bits per heavy atom. The lowest BCUT2D eigenvalue weighted by Crippen LogP contribution is -2.29. The standard InChI is InChI=1S/C18H18F3NO3/c1-24-15-4-2-3-5-16(15)25-11-10-22-17(23)12-13-6-8-14(9-7-13)18(19,20)21/h2-9H,10-12H2,1H3,(H,22,23). The minimum atomic E-state index is -4.38. The Morgan fingerprint density at radius 1 is 1.04 bits per heavy atom. The minimum Gasteiger partial charge on any atom is -0.493 e. The van der Waals surface area contributed by atoms with Gasteiger partial charge in [0, 0.05) is 0 Å². The second kappa shape index (κ2) is 8.41. The normalized spacial score (nSPS) is 11.0. The van der Waals surface area contributed by atoms with E-state index in [0.29, 0.717) is 17.1 Å². The van der Waals surface area contributed by atoms with Crippen LogP contribution in [0, 0.1) is 0 Å². The summed E-state index contributed by atoms with van der Waals surface area (Å²) in [6.45, 7) is 0.524. The molecular weight excluding hydrogens is 335 g/mol. The molecule has 0 unspecified atom stereocenters. The number of halogens is 3. The summed E-state index contributed by atoms with van der Waals surface area (Å²) in [4.78, 5) is 11.8. The van der Waals surface area contributed by atoms with Crippen LogP contribution in [0.3, 0.4) is 0 Å². The number of amides is 1. The Bertz CT molecular complexity index is 699. The highest BCUT2D eigenvalue weighted by Gasteiger charge is 2.29. The molecule has 2 rings (SSSR count). The number of rotatable bonds is 7.